The summed E-state index contributed by atoms with van der Waals surface area (Å²) in [5.41, 5.74) is 0. The molecule has 1 rings (SSSR count). The van der Waals surface area contributed by atoms with E-state index in [4.69, 9.17) is 10.2 Å². The van der Waals surface area contributed by atoms with Crippen LogP contribution in [0.15, 0.2) is 0 Å². The van der Waals surface area contributed by atoms with Gasteiger partial charge in [0, 0.05) is 19.5 Å². The molecule has 4 nitrogen and oxygen atoms in total. The molecule has 0 aromatic rings. The van der Waals surface area contributed by atoms with Crippen molar-refractivity contribution in [1.82, 2.24) is 0 Å². The minimum atomic E-state index is -2.25. The van der Waals surface area contributed by atoms with Crippen molar-refractivity contribution in [3.05, 3.63) is 0 Å². The van der Waals surface area contributed by atoms with E-state index in [1.807, 2.05) is 0 Å². The smallest absolute Gasteiger partial charge is 0 e. The maximum absolute atomic E-state index is 7.74. The van der Waals surface area contributed by atoms with E-state index in [0.29, 0.717) is 0 Å². The van der Waals surface area contributed by atoms with E-state index in [1.54, 1.807) is 0 Å². The molecule has 1 saturated heterocycles. The van der Waals surface area contributed by atoms with Crippen LogP contribution in [0.1, 0.15) is 0 Å². The van der Waals surface area contributed by atoms with Gasteiger partial charge in [-0.05, 0) is 0 Å². The largest absolute Gasteiger partial charge is 0 e. The Morgan fingerprint density at radius 1 is 1.14 bits per heavy atom. The Balaban J connectivity index is 0. The predicted octanol–water partition coefficient (Wildman–Crippen LogP) is -2.37. The molecule has 0 atom stereocenters. The Labute approximate surface area is 82.5 Å². The zero-order valence-electron chi connectivity index (χ0n) is 2.92. The van der Waals surface area contributed by atoms with Crippen LogP contribution < -0.4 is 0 Å². The van der Waals surface area contributed by atoms with E-state index >= 15 is 0 Å². The second kappa shape index (κ2) is 3.69. The van der Waals surface area contributed by atoms with Crippen LogP contribution in [0.2, 0.25) is 0 Å². The first kappa shape index (κ1) is 11.5. The Bertz CT molecular complexity index is 49.7. The molecular weight excluding hydrogens is 181 g/mol. The Kier molecular flexibility index (Phi) is 6.07. The molecule has 1 fully saturated rings. The van der Waals surface area contributed by atoms with Gasteiger partial charge in [-0.3, -0.25) is 0 Å². The summed E-state index contributed by atoms with van der Waals surface area (Å²) in [6.07, 6.45) is -2.25. The van der Waals surface area contributed by atoms with Crippen molar-refractivity contribution >= 4 is 37.7 Å². The Hall–Kier alpha value is 1.72. The summed E-state index contributed by atoms with van der Waals surface area (Å²) < 4.78 is 0. The van der Waals surface area contributed by atoms with E-state index < -0.39 is 6.16 Å². The van der Waals surface area contributed by atoms with Gasteiger partial charge in [0.1, 0.15) is 0 Å². The Morgan fingerprint density at radius 2 is 1.29 bits per heavy atom. The third kappa shape index (κ3) is 5.60. The molecule has 0 bridgehead atoms. The van der Waals surface area contributed by atoms with Gasteiger partial charge in [0.2, 0.25) is 0 Å². The second-order valence-electron chi connectivity index (χ2n) is 0.715. The molecule has 6 heteroatoms. The van der Waals surface area contributed by atoms with E-state index in [0.717, 1.165) is 0 Å². The second-order valence-corrected chi connectivity index (χ2v) is 0.715. The van der Waals surface area contributed by atoms with E-state index in [9.17, 15) is 0 Å². The van der Waals surface area contributed by atoms with Gasteiger partial charge in [0.25, 0.3) is 0 Å². The zero-order chi connectivity index (χ0) is 3.91. The fourth-order valence-electron chi connectivity index (χ4n) is 0.0373. The molecule has 0 spiro atoms. The van der Waals surface area contributed by atoms with Gasteiger partial charge in [-0.2, -0.15) is 0 Å². The fraction of sp³-hybridized carbons (Fsp3) is 1.00. The third-order valence-electron chi connectivity index (χ3n) is 0.232. The first-order valence-corrected chi connectivity index (χ1v) is 1.02. The van der Waals surface area contributed by atoms with Gasteiger partial charge in [-0.25, -0.2) is 0 Å². The van der Waals surface area contributed by atoms with Gasteiger partial charge in [-0.15, -0.1) is 9.78 Å². The van der Waals surface area contributed by atoms with Crippen LogP contribution in [0.4, 0.5) is 0 Å². The first-order chi connectivity index (χ1) is 2.21. The normalized spacial score (nSPS) is 21.4. The molecule has 36 valence electrons. The summed E-state index contributed by atoms with van der Waals surface area (Å²) >= 11 is 0. The molecule has 1 aliphatic heterocycles. The van der Waals surface area contributed by atoms with Gasteiger partial charge >= 0.3 is 43.9 Å². The van der Waals surface area contributed by atoms with Gasteiger partial charge < -0.3 is 10.2 Å². The molecule has 0 aromatic heterocycles. The molecule has 7 heavy (non-hydrogen) atoms. The molecule has 0 saturated carbocycles. The van der Waals surface area contributed by atoms with Crippen LogP contribution in [0.3, 0.4) is 0 Å². The van der Waals surface area contributed by atoms with Crippen molar-refractivity contribution < 1.29 is 39.5 Å². The monoisotopic (exact) mass is 184 g/mol. The Morgan fingerprint density at radius 3 is 1.29 bits per heavy atom. The van der Waals surface area contributed by atoms with E-state index in [2.05, 4.69) is 9.78 Å². The number of hydrogen-bond acceptors (Lipinski definition) is 4. The SMILES string of the molecule is OC1(O)OO1.[CaH2].[Zn]. The summed E-state index contributed by atoms with van der Waals surface area (Å²) in [5.74, 6) is 0. The van der Waals surface area contributed by atoms with Crippen molar-refractivity contribution in [2.45, 2.75) is 6.16 Å². The standard InChI is InChI=1S/CH2O4.Ca.Zn.2H/c2-1(3)4-5-1;;;;/h2-3H;;;;. The minimum absolute atomic E-state index is 0. The van der Waals surface area contributed by atoms with Crippen molar-refractivity contribution in [3.8, 4) is 0 Å². The van der Waals surface area contributed by atoms with Crippen molar-refractivity contribution in [3.63, 3.8) is 0 Å². The number of rotatable bonds is 0. The van der Waals surface area contributed by atoms with Crippen LogP contribution in [0.25, 0.3) is 0 Å². The molecule has 0 aliphatic carbocycles. The third-order valence-corrected chi connectivity index (χ3v) is 0.232. The van der Waals surface area contributed by atoms with Gasteiger partial charge in [-0.1, -0.05) is 0 Å². The summed E-state index contributed by atoms with van der Waals surface area (Å²) in [5, 5.41) is 15.5. The number of aliphatic hydroxyl groups is 2. The first-order valence-electron chi connectivity index (χ1n) is 1.02. The molecular formula is CH4CaO4Zn. The average molecular weight is 186 g/mol. The molecule has 0 radical (unpaired) electrons. The van der Waals surface area contributed by atoms with Gasteiger partial charge in [0.15, 0.2) is 0 Å². The maximum atomic E-state index is 7.74. The quantitative estimate of drug-likeness (QED) is 0.192. The summed E-state index contributed by atoms with van der Waals surface area (Å²) in [4.78, 5) is 7.01. The van der Waals surface area contributed by atoms with Crippen molar-refractivity contribution in [2.75, 3.05) is 0 Å². The van der Waals surface area contributed by atoms with Crippen LogP contribution in [-0.4, -0.2) is 54.1 Å². The van der Waals surface area contributed by atoms with Gasteiger partial charge in [0.05, 0.1) is 0 Å². The fourth-order valence-corrected chi connectivity index (χ4v) is 0.0373. The van der Waals surface area contributed by atoms with Crippen molar-refractivity contribution in [2.24, 2.45) is 0 Å². The zero-order valence-corrected chi connectivity index (χ0v) is 5.89. The van der Waals surface area contributed by atoms with Crippen LogP contribution in [0.5, 0.6) is 0 Å². The maximum Gasteiger partial charge on any atom is 0 e. The minimum Gasteiger partial charge on any atom is 0 e. The predicted molar refractivity (Wildman–Crippen MR) is 17.9 cm³/mol. The number of hydrogen-bond donors (Lipinski definition) is 2. The molecule has 0 amide bonds. The average Bonchev–Trinajstić information content (AvgIpc) is 1.76. The molecule has 1 aliphatic rings. The molecule has 1 heterocycles. The molecule has 0 unspecified atom stereocenters. The summed E-state index contributed by atoms with van der Waals surface area (Å²) in [7, 11) is 0. The van der Waals surface area contributed by atoms with E-state index in [-0.39, 0.29) is 57.2 Å². The van der Waals surface area contributed by atoms with Crippen LogP contribution in [-0.2, 0) is 29.3 Å². The van der Waals surface area contributed by atoms with Crippen LogP contribution >= 0.6 is 0 Å². The summed E-state index contributed by atoms with van der Waals surface area (Å²) in [6, 6.07) is 0. The van der Waals surface area contributed by atoms with Crippen LogP contribution in [0, 0.1) is 0 Å². The molecule has 2 N–H and O–H groups in total. The topological polar surface area (TPSA) is 65.5 Å². The summed E-state index contributed by atoms with van der Waals surface area (Å²) in [6.45, 7) is 0. The van der Waals surface area contributed by atoms with Crippen molar-refractivity contribution in [1.29, 1.82) is 0 Å². The molecule has 0 aromatic carbocycles. The van der Waals surface area contributed by atoms with E-state index in [1.165, 1.54) is 0 Å².